The van der Waals surface area contributed by atoms with Crippen LogP contribution in [-0.2, 0) is 9.59 Å². The Kier molecular flexibility index (Phi) is 6.58. The quantitative estimate of drug-likeness (QED) is 0.810. The van der Waals surface area contributed by atoms with E-state index in [-0.39, 0.29) is 11.7 Å². The summed E-state index contributed by atoms with van der Waals surface area (Å²) in [5.41, 5.74) is 1.93. The van der Waals surface area contributed by atoms with Crippen LogP contribution >= 0.6 is 11.8 Å². The van der Waals surface area contributed by atoms with E-state index in [4.69, 9.17) is 5.11 Å². The monoisotopic (exact) mass is 295 g/mol. The Labute approximate surface area is 124 Å². The second-order valence-electron chi connectivity index (χ2n) is 5.04. The summed E-state index contributed by atoms with van der Waals surface area (Å²) in [5.74, 6) is -0.316. The molecule has 0 heterocycles. The Balaban J connectivity index is 2.49. The smallest absolute Gasteiger partial charge is 0.307 e. The second-order valence-corrected chi connectivity index (χ2v) is 6.07. The minimum Gasteiger partial charge on any atom is -0.481 e. The lowest BCUT2D eigenvalue weighted by Gasteiger charge is -2.13. The van der Waals surface area contributed by atoms with Crippen LogP contribution in [0.4, 0.5) is 5.69 Å². The van der Waals surface area contributed by atoms with Gasteiger partial charge in [-0.2, -0.15) is 11.8 Å². The highest BCUT2D eigenvalue weighted by Gasteiger charge is 2.13. The maximum absolute atomic E-state index is 11.9. The molecule has 0 radical (unpaired) electrons. The lowest BCUT2D eigenvalue weighted by Crippen LogP contribution is -2.18. The van der Waals surface area contributed by atoms with Gasteiger partial charge in [0.2, 0.25) is 5.91 Å². The van der Waals surface area contributed by atoms with Crippen molar-refractivity contribution in [2.45, 2.75) is 26.7 Å². The van der Waals surface area contributed by atoms with E-state index in [0.717, 1.165) is 11.3 Å². The van der Waals surface area contributed by atoms with Gasteiger partial charge in [0.25, 0.3) is 0 Å². The molecule has 1 unspecified atom stereocenters. The SMILES string of the molecule is CC(CSCC(=O)Nc1ccccc1C(C)C)C(=O)O. The number of hydrogen-bond acceptors (Lipinski definition) is 3. The molecule has 0 saturated heterocycles. The number of carbonyl (C=O) groups excluding carboxylic acids is 1. The van der Waals surface area contributed by atoms with Gasteiger partial charge in [0.1, 0.15) is 0 Å². The van der Waals surface area contributed by atoms with Gasteiger partial charge in [-0.05, 0) is 17.5 Å². The van der Waals surface area contributed by atoms with Crippen molar-refractivity contribution >= 4 is 29.3 Å². The van der Waals surface area contributed by atoms with E-state index >= 15 is 0 Å². The number of hydrogen-bond donors (Lipinski definition) is 2. The summed E-state index contributed by atoms with van der Waals surface area (Å²) in [6, 6.07) is 7.73. The van der Waals surface area contributed by atoms with Crippen molar-refractivity contribution in [1.29, 1.82) is 0 Å². The van der Waals surface area contributed by atoms with Gasteiger partial charge < -0.3 is 10.4 Å². The summed E-state index contributed by atoms with van der Waals surface area (Å²) in [5, 5.41) is 11.7. The zero-order chi connectivity index (χ0) is 15.1. The molecule has 1 amide bonds. The highest BCUT2D eigenvalue weighted by Crippen LogP contribution is 2.23. The molecule has 0 aromatic heterocycles. The lowest BCUT2D eigenvalue weighted by molar-refractivity contribution is -0.140. The molecule has 0 bridgehead atoms. The number of carboxylic acid groups (broad SMARTS) is 1. The predicted octanol–water partition coefficient (Wildman–Crippen LogP) is 3.20. The first-order valence-electron chi connectivity index (χ1n) is 6.61. The van der Waals surface area contributed by atoms with E-state index in [1.54, 1.807) is 6.92 Å². The van der Waals surface area contributed by atoms with Gasteiger partial charge in [0, 0.05) is 11.4 Å². The molecule has 0 saturated carbocycles. The Morgan fingerprint density at radius 3 is 2.50 bits per heavy atom. The van der Waals surface area contributed by atoms with Crippen LogP contribution in [0, 0.1) is 5.92 Å². The van der Waals surface area contributed by atoms with Crippen molar-refractivity contribution in [2.24, 2.45) is 5.92 Å². The number of rotatable bonds is 7. The number of aliphatic carboxylic acids is 1. The Bertz CT molecular complexity index is 474. The van der Waals surface area contributed by atoms with Gasteiger partial charge in [0.15, 0.2) is 0 Å². The van der Waals surface area contributed by atoms with Crippen molar-refractivity contribution in [3.05, 3.63) is 29.8 Å². The standard InChI is InChI=1S/C15H21NO3S/c1-10(2)12-6-4-5-7-13(12)16-14(17)9-20-8-11(3)15(18)19/h4-7,10-11H,8-9H2,1-3H3,(H,16,17)(H,18,19). The van der Waals surface area contributed by atoms with E-state index in [0.29, 0.717) is 11.7 Å². The van der Waals surface area contributed by atoms with Crippen LogP contribution in [0.1, 0.15) is 32.3 Å². The van der Waals surface area contributed by atoms with Gasteiger partial charge >= 0.3 is 5.97 Å². The predicted molar refractivity (Wildman–Crippen MR) is 83.3 cm³/mol. The van der Waals surface area contributed by atoms with E-state index in [1.165, 1.54) is 11.8 Å². The van der Waals surface area contributed by atoms with Crippen LogP contribution < -0.4 is 5.32 Å². The minimum absolute atomic E-state index is 0.0966. The molecule has 0 fully saturated rings. The Hall–Kier alpha value is -1.49. The first-order chi connectivity index (χ1) is 9.41. The van der Waals surface area contributed by atoms with Crippen LogP contribution in [0.3, 0.4) is 0 Å². The second kappa shape index (κ2) is 7.94. The molecule has 0 aliphatic carbocycles. The van der Waals surface area contributed by atoms with Gasteiger partial charge in [-0.15, -0.1) is 0 Å². The van der Waals surface area contributed by atoms with Crippen LogP contribution in [0.25, 0.3) is 0 Å². The number of carbonyl (C=O) groups is 2. The molecule has 110 valence electrons. The zero-order valence-electron chi connectivity index (χ0n) is 12.1. The molecular formula is C15H21NO3S. The van der Waals surface area contributed by atoms with E-state index in [9.17, 15) is 9.59 Å². The van der Waals surface area contributed by atoms with E-state index < -0.39 is 11.9 Å². The van der Waals surface area contributed by atoms with Crippen molar-refractivity contribution < 1.29 is 14.7 Å². The van der Waals surface area contributed by atoms with Crippen LogP contribution in [-0.4, -0.2) is 28.5 Å². The molecule has 0 aliphatic rings. The minimum atomic E-state index is -0.830. The Morgan fingerprint density at radius 2 is 1.90 bits per heavy atom. The third-order valence-corrected chi connectivity index (χ3v) is 4.08. The largest absolute Gasteiger partial charge is 0.481 e. The first kappa shape index (κ1) is 16.6. The summed E-state index contributed by atoms with van der Waals surface area (Å²) in [6.07, 6.45) is 0. The molecular weight excluding hydrogens is 274 g/mol. The van der Waals surface area contributed by atoms with Gasteiger partial charge in [0.05, 0.1) is 11.7 Å². The molecule has 5 heteroatoms. The molecule has 1 aromatic rings. The van der Waals surface area contributed by atoms with E-state index in [2.05, 4.69) is 19.2 Å². The average Bonchev–Trinajstić information content (AvgIpc) is 2.38. The number of anilines is 1. The summed E-state index contributed by atoms with van der Waals surface area (Å²) < 4.78 is 0. The highest BCUT2D eigenvalue weighted by atomic mass is 32.2. The topological polar surface area (TPSA) is 66.4 Å². The van der Waals surface area contributed by atoms with Crippen LogP contribution in [0.2, 0.25) is 0 Å². The van der Waals surface area contributed by atoms with Crippen molar-refractivity contribution in [2.75, 3.05) is 16.8 Å². The van der Waals surface area contributed by atoms with Gasteiger partial charge in [-0.25, -0.2) is 0 Å². The van der Waals surface area contributed by atoms with Gasteiger partial charge in [-0.3, -0.25) is 9.59 Å². The fraction of sp³-hybridized carbons (Fsp3) is 0.467. The molecule has 20 heavy (non-hydrogen) atoms. The maximum atomic E-state index is 11.9. The zero-order valence-corrected chi connectivity index (χ0v) is 12.9. The third kappa shape index (κ3) is 5.25. The molecule has 1 rings (SSSR count). The van der Waals surface area contributed by atoms with Crippen molar-refractivity contribution in [3.63, 3.8) is 0 Å². The van der Waals surface area contributed by atoms with Crippen molar-refractivity contribution in [3.8, 4) is 0 Å². The van der Waals surface area contributed by atoms with E-state index in [1.807, 2.05) is 24.3 Å². The molecule has 1 aromatic carbocycles. The fourth-order valence-corrected chi connectivity index (χ4v) is 2.57. The first-order valence-corrected chi connectivity index (χ1v) is 7.76. The number of nitrogens with one attached hydrogen (secondary N) is 1. The van der Waals surface area contributed by atoms with Gasteiger partial charge in [-0.1, -0.05) is 39.0 Å². The van der Waals surface area contributed by atoms with Crippen LogP contribution in [0.5, 0.6) is 0 Å². The number of thioether (sulfide) groups is 1. The number of amides is 1. The summed E-state index contributed by atoms with van der Waals surface area (Å²) in [4.78, 5) is 22.5. The number of benzene rings is 1. The lowest BCUT2D eigenvalue weighted by atomic mass is 10.0. The third-order valence-electron chi connectivity index (χ3n) is 2.88. The van der Waals surface area contributed by atoms with Crippen molar-refractivity contribution in [1.82, 2.24) is 0 Å². The maximum Gasteiger partial charge on any atom is 0.307 e. The average molecular weight is 295 g/mol. The van der Waals surface area contributed by atoms with Crippen LogP contribution in [0.15, 0.2) is 24.3 Å². The fourth-order valence-electron chi connectivity index (χ4n) is 1.70. The number of para-hydroxylation sites is 1. The molecule has 4 nitrogen and oxygen atoms in total. The molecule has 0 aliphatic heterocycles. The summed E-state index contributed by atoms with van der Waals surface area (Å²) in [7, 11) is 0. The normalized spacial score (nSPS) is 12.2. The molecule has 1 atom stereocenters. The molecule has 0 spiro atoms. The number of carboxylic acids is 1. The highest BCUT2D eigenvalue weighted by molar-refractivity contribution is 8.00. The summed E-state index contributed by atoms with van der Waals surface area (Å²) >= 11 is 1.34. The molecule has 2 N–H and O–H groups in total. The Morgan fingerprint density at radius 1 is 1.25 bits per heavy atom. The summed E-state index contributed by atoms with van der Waals surface area (Å²) in [6.45, 7) is 5.80.